The second-order valence-electron chi connectivity index (χ2n) is 2.42. The molecule has 0 fully saturated rings. The molecule has 0 saturated heterocycles. The van der Waals surface area contributed by atoms with Crippen LogP contribution in [-0.2, 0) is 6.42 Å². The van der Waals surface area contributed by atoms with Crippen LogP contribution in [0.15, 0.2) is 30.3 Å². The van der Waals surface area contributed by atoms with Crippen molar-refractivity contribution in [3.8, 4) is 0 Å². The predicted octanol–water partition coefficient (Wildman–Crippen LogP) is 2.18. The molecule has 1 aromatic carbocycles. The number of benzene rings is 1. The summed E-state index contributed by atoms with van der Waals surface area (Å²) in [6.45, 7) is 0. The summed E-state index contributed by atoms with van der Waals surface area (Å²) >= 11 is 4.02. The first-order chi connectivity index (χ1) is 5.33. The van der Waals surface area contributed by atoms with Crippen LogP contribution in [0.1, 0.15) is 5.56 Å². The lowest BCUT2D eigenvalue weighted by Gasteiger charge is -1.98. The Morgan fingerprint density at radius 3 is 2.45 bits per heavy atom. The molecule has 58 valence electrons. The molecule has 0 aromatic heterocycles. The Morgan fingerprint density at radius 1 is 1.27 bits per heavy atom. The van der Waals surface area contributed by atoms with Crippen LogP contribution in [0, 0.1) is 5.41 Å². The van der Waals surface area contributed by atoms with E-state index in [0.717, 1.165) is 6.42 Å². The second-order valence-corrected chi connectivity index (χ2v) is 2.74. The topological polar surface area (TPSA) is 23.9 Å². The third kappa shape index (κ3) is 2.76. The molecule has 0 unspecified atom stereocenters. The van der Waals surface area contributed by atoms with Crippen molar-refractivity contribution < 1.29 is 0 Å². The quantitative estimate of drug-likeness (QED) is 0.507. The predicted molar refractivity (Wildman–Crippen MR) is 51.7 cm³/mol. The Bertz CT molecular complexity index is 231. The zero-order valence-corrected chi connectivity index (χ0v) is 7.14. The van der Waals surface area contributed by atoms with Gasteiger partial charge in [0, 0.05) is 17.9 Å². The zero-order valence-electron chi connectivity index (χ0n) is 6.25. The minimum atomic E-state index is 0.550. The molecule has 2 heteroatoms. The van der Waals surface area contributed by atoms with Gasteiger partial charge >= 0.3 is 0 Å². The van der Waals surface area contributed by atoms with Crippen molar-refractivity contribution in [1.82, 2.24) is 0 Å². The Morgan fingerprint density at radius 2 is 1.91 bits per heavy atom. The van der Waals surface area contributed by atoms with Gasteiger partial charge < -0.3 is 5.41 Å². The number of hydrogen-bond acceptors (Lipinski definition) is 2. The minimum Gasteiger partial charge on any atom is -0.308 e. The van der Waals surface area contributed by atoms with E-state index < -0.39 is 0 Å². The normalized spacial score (nSPS) is 9.55. The van der Waals surface area contributed by atoms with Gasteiger partial charge in [0.25, 0.3) is 0 Å². The van der Waals surface area contributed by atoms with Crippen molar-refractivity contribution in [1.29, 1.82) is 5.41 Å². The van der Waals surface area contributed by atoms with Crippen LogP contribution in [-0.4, -0.2) is 11.5 Å². The summed E-state index contributed by atoms with van der Waals surface area (Å²) in [5.41, 5.74) is 1.85. The van der Waals surface area contributed by atoms with Gasteiger partial charge in [-0.25, -0.2) is 0 Å². The maximum atomic E-state index is 7.40. The summed E-state index contributed by atoms with van der Waals surface area (Å²) < 4.78 is 0. The fourth-order valence-corrected chi connectivity index (χ4v) is 1.01. The van der Waals surface area contributed by atoms with E-state index in [-0.39, 0.29) is 0 Å². The van der Waals surface area contributed by atoms with Crippen molar-refractivity contribution >= 4 is 18.3 Å². The van der Waals surface area contributed by atoms with Gasteiger partial charge in [-0.3, -0.25) is 0 Å². The smallest absolute Gasteiger partial charge is 0.0284 e. The summed E-state index contributed by atoms with van der Waals surface area (Å²) in [5, 5.41) is 7.40. The monoisotopic (exact) mass is 165 g/mol. The number of rotatable bonds is 3. The van der Waals surface area contributed by atoms with Gasteiger partial charge in [-0.05, 0) is 5.56 Å². The fourth-order valence-electron chi connectivity index (χ4n) is 0.898. The van der Waals surface area contributed by atoms with Crippen molar-refractivity contribution in [2.24, 2.45) is 0 Å². The molecule has 0 aliphatic rings. The van der Waals surface area contributed by atoms with E-state index in [1.165, 1.54) is 5.56 Å². The molecule has 0 atom stereocenters. The molecule has 0 spiro atoms. The van der Waals surface area contributed by atoms with Crippen molar-refractivity contribution in [3.05, 3.63) is 35.9 Å². The number of hydrogen-bond donors (Lipinski definition) is 2. The number of thiol groups is 1. The molecule has 0 aliphatic heterocycles. The van der Waals surface area contributed by atoms with Gasteiger partial charge in [-0.15, -0.1) is 0 Å². The van der Waals surface area contributed by atoms with Crippen LogP contribution in [0.25, 0.3) is 0 Å². The first-order valence-electron chi connectivity index (χ1n) is 3.54. The highest BCUT2D eigenvalue weighted by Crippen LogP contribution is 2.00. The third-order valence-corrected chi connectivity index (χ3v) is 1.83. The average molecular weight is 165 g/mol. The van der Waals surface area contributed by atoms with E-state index in [4.69, 9.17) is 5.41 Å². The van der Waals surface area contributed by atoms with Crippen LogP contribution in [0.2, 0.25) is 0 Å². The molecule has 1 aromatic rings. The molecule has 0 aliphatic carbocycles. The van der Waals surface area contributed by atoms with Gasteiger partial charge in [0.15, 0.2) is 0 Å². The van der Waals surface area contributed by atoms with Crippen molar-refractivity contribution in [3.63, 3.8) is 0 Å². The Kier molecular flexibility index (Phi) is 3.17. The van der Waals surface area contributed by atoms with Gasteiger partial charge in [0.1, 0.15) is 0 Å². The highest BCUT2D eigenvalue weighted by molar-refractivity contribution is 7.81. The van der Waals surface area contributed by atoms with E-state index in [1.54, 1.807) is 0 Å². The fraction of sp³-hybridized carbons (Fsp3) is 0.222. The van der Waals surface area contributed by atoms with Crippen LogP contribution in [0.3, 0.4) is 0 Å². The molecule has 11 heavy (non-hydrogen) atoms. The maximum absolute atomic E-state index is 7.40. The van der Waals surface area contributed by atoms with Gasteiger partial charge in [0.2, 0.25) is 0 Å². The maximum Gasteiger partial charge on any atom is 0.0284 e. The summed E-state index contributed by atoms with van der Waals surface area (Å²) in [6, 6.07) is 10.0. The van der Waals surface area contributed by atoms with E-state index in [9.17, 15) is 0 Å². The van der Waals surface area contributed by atoms with Gasteiger partial charge in [-0.2, -0.15) is 12.6 Å². The van der Waals surface area contributed by atoms with Crippen LogP contribution in [0.4, 0.5) is 0 Å². The third-order valence-electron chi connectivity index (χ3n) is 1.45. The molecule has 0 radical (unpaired) electrons. The van der Waals surface area contributed by atoms with Gasteiger partial charge in [0.05, 0.1) is 0 Å². The highest BCUT2D eigenvalue weighted by atomic mass is 32.1. The first kappa shape index (κ1) is 8.34. The second kappa shape index (κ2) is 4.19. The lowest BCUT2D eigenvalue weighted by atomic mass is 10.1. The van der Waals surface area contributed by atoms with Crippen LogP contribution < -0.4 is 0 Å². The molecule has 1 N–H and O–H groups in total. The summed E-state index contributed by atoms with van der Waals surface area (Å²) in [6.07, 6.45) is 0.727. The molecule has 0 amide bonds. The molecule has 1 rings (SSSR count). The summed E-state index contributed by atoms with van der Waals surface area (Å²) in [7, 11) is 0. The molecular formula is C9H11NS. The molecular weight excluding hydrogens is 154 g/mol. The minimum absolute atomic E-state index is 0.550. The molecule has 0 saturated carbocycles. The SMILES string of the molecule is N=C(CS)Cc1ccccc1. The van der Waals surface area contributed by atoms with E-state index >= 15 is 0 Å². The largest absolute Gasteiger partial charge is 0.308 e. The van der Waals surface area contributed by atoms with E-state index in [2.05, 4.69) is 12.6 Å². The number of nitrogens with one attached hydrogen (secondary N) is 1. The standard InChI is InChI=1S/C9H11NS/c10-9(7-11)6-8-4-2-1-3-5-8/h1-5,10-11H,6-7H2. The Balaban J connectivity index is 2.58. The first-order valence-corrected chi connectivity index (χ1v) is 4.17. The Labute approximate surface area is 72.4 Å². The summed E-state index contributed by atoms with van der Waals surface area (Å²) in [5.74, 6) is 0.550. The molecule has 0 bridgehead atoms. The van der Waals surface area contributed by atoms with Crippen LogP contribution in [0.5, 0.6) is 0 Å². The lowest BCUT2D eigenvalue weighted by molar-refractivity contribution is 1.27. The lowest BCUT2D eigenvalue weighted by Crippen LogP contribution is -2.01. The molecule has 1 nitrogen and oxygen atoms in total. The van der Waals surface area contributed by atoms with Gasteiger partial charge in [-0.1, -0.05) is 30.3 Å². The molecule has 0 heterocycles. The van der Waals surface area contributed by atoms with Crippen molar-refractivity contribution in [2.75, 3.05) is 5.75 Å². The average Bonchev–Trinajstić information content (AvgIpc) is 2.06. The summed E-state index contributed by atoms with van der Waals surface area (Å²) in [4.78, 5) is 0. The highest BCUT2D eigenvalue weighted by Gasteiger charge is 1.94. The Hall–Kier alpha value is -0.760. The van der Waals surface area contributed by atoms with Crippen molar-refractivity contribution in [2.45, 2.75) is 6.42 Å². The van der Waals surface area contributed by atoms with Crippen LogP contribution >= 0.6 is 12.6 Å². The van der Waals surface area contributed by atoms with E-state index in [0.29, 0.717) is 11.5 Å². The van der Waals surface area contributed by atoms with E-state index in [1.807, 2.05) is 30.3 Å². The zero-order chi connectivity index (χ0) is 8.10.